The number of phenols is 1. The second-order valence-corrected chi connectivity index (χ2v) is 6.02. The largest absolute Gasteiger partial charge is 0.500 e. The number of hydrogen-bond acceptors (Lipinski definition) is 6. The predicted octanol–water partition coefficient (Wildman–Crippen LogP) is 4.21. The lowest BCUT2D eigenvalue weighted by atomic mass is 10.1. The summed E-state index contributed by atoms with van der Waals surface area (Å²) in [5, 5.41) is 33.4. The van der Waals surface area contributed by atoms with Gasteiger partial charge in [0.2, 0.25) is 5.75 Å². The minimum absolute atomic E-state index is 0.119. The molecule has 8 nitrogen and oxygen atoms in total. The number of phenolic OH excluding ortho intramolecular Hbond substituents is 1. The number of benzene rings is 2. The smallest absolute Gasteiger partial charge is 0.315 e. The minimum Gasteiger partial charge on any atom is -0.500 e. The van der Waals surface area contributed by atoms with E-state index in [-0.39, 0.29) is 23.5 Å². The van der Waals surface area contributed by atoms with Crippen molar-refractivity contribution in [1.29, 1.82) is 5.26 Å². The molecule has 0 saturated heterocycles. The van der Waals surface area contributed by atoms with Gasteiger partial charge in [0.15, 0.2) is 5.75 Å². The van der Waals surface area contributed by atoms with Crippen LogP contribution in [0.15, 0.2) is 35.9 Å². The molecule has 0 aliphatic rings. The van der Waals surface area contributed by atoms with E-state index < -0.39 is 22.3 Å². The molecule has 9 heteroatoms. The van der Waals surface area contributed by atoms with E-state index in [0.29, 0.717) is 16.3 Å². The van der Waals surface area contributed by atoms with Gasteiger partial charge >= 0.3 is 5.69 Å². The zero-order chi connectivity index (χ0) is 20.8. The Kier molecular flexibility index (Phi) is 6.58. The lowest BCUT2D eigenvalue weighted by Gasteiger charge is -2.10. The van der Waals surface area contributed by atoms with Gasteiger partial charge in [-0.15, -0.1) is 0 Å². The van der Waals surface area contributed by atoms with Crippen molar-refractivity contribution in [1.82, 2.24) is 0 Å². The first kappa shape index (κ1) is 20.7. The van der Waals surface area contributed by atoms with E-state index >= 15 is 0 Å². The van der Waals surface area contributed by atoms with Gasteiger partial charge in [-0.2, -0.15) is 5.26 Å². The monoisotopic (exact) mass is 401 g/mol. The number of hydrogen-bond donors (Lipinski definition) is 2. The SMILES string of the molecule is CCOc1cc(/C=C(\C#N)C(=O)Nc2cccc(Cl)c2C)cc([N+](=O)[O-])c1O. The molecule has 0 heterocycles. The molecule has 0 bridgehead atoms. The Hall–Kier alpha value is -3.57. The van der Waals surface area contributed by atoms with Crippen LogP contribution in [0.3, 0.4) is 0 Å². The number of nitro benzene ring substituents is 1. The first-order chi connectivity index (χ1) is 13.3. The molecular weight excluding hydrogens is 386 g/mol. The molecule has 2 rings (SSSR count). The van der Waals surface area contributed by atoms with Gasteiger partial charge in [0, 0.05) is 16.8 Å². The van der Waals surface area contributed by atoms with Crippen molar-refractivity contribution >= 4 is 35.0 Å². The number of carbonyl (C=O) groups excluding carboxylic acids is 1. The Labute approximate surface area is 165 Å². The topological polar surface area (TPSA) is 125 Å². The summed E-state index contributed by atoms with van der Waals surface area (Å²) in [5.41, 5.74) is 0.337. The van der Waals surface area contributed by atoms with Crippen LogP contribution in [0, 0.1) is 28.4 Å². The molecule has 0 saturated carbocycles. The lowest BCUT2D eigenvalue weighted by Crippen LogP contribution is -2.14. The van der Waals surface area contributed by atoms with Crippen LogP contribution in [0.25, 0.3) is 6.08 Å². The van der Waals surface area contributed by atoms with Crippen LogP contribution < -0.4 is 10.1 Å². The highest BCUT2D eigenvalue weighted by atomic mass is 35.5. The fourth-order valence-electron chi connectivity index (χ4n) is 2.35. The van der Waals surface area contributed by atoms with E-state index in [4.69, 9.17) is 16.3 Å². The molecule has 0 radical (unpaired) electrons. The van der Waals surface area contributed by atoms with E-state index in [1.54, 1.807) is 38.1 Å². The number of rotatable bonds is 6. The molecule has 28 heavy (non-hydrogen) atoms. The number of amides is 1. The first-order valence-electron chi connectivity index (χ1n) is 8.11. The number of nitrogens with one attached hydrogen (secondary N) is 1. The second-order valence-electron chi connectivity index (χ2n) is 5.61. The Bertz CT molecular complexity index is 1010. The Balaban J connectivity index is 2.43. The van der Waals surface area contributed by atoms with Crippen LogP contribution in [-0.2, 0) is 4.79 Å². The molecule has 2 aromatic rings. The Morgan fingerprint density at radius 3 is 2.79 bits per heavy atom. The first-order valence-corrected chi connectivity index (χ1v) is 8.48. The number of halogens is 1. The Morgan fingerprint density at radius 2 is 2.18 bits per heavy atom. The summed E-state index contributed by atoms with van der Waals surface area (Å²) in [4.78, 5) is 22.8. The van der Waals surface area contributed by atoms with Crippen LogP contribution in [-0.4, -0.2) is 22.5 Å². The van der Waals surface area contributed by atoms with E-state index in [2.05, 4.69) is 5.32 Å². The van der Waals surface area contributed by atoms with Crippen molar-refractivity contribution < 1.29 is 19.6 Å². The maximum atomic E-state index is 12.4. The maximum Gasteiger partial charge on any atom is 0.315 e. The third kappa shape index (κ3) is 4.58. The quantitative estimate of drug-likeness (QED) is 0.323. The van der Waals surface area contributed by atoms with Crippen LogP contribution in [0.2, 0.25) is 5.02 Å². The fourth-order valence-corrected chi connectivity index (χ4v) is 2.52. The van der Waals surface area contributed by atoms with Crippen molar-refractivity contribution in [3.63, 3.8) is 0 Å². The van der Waals surface area contributed by atoms with E-state index in [1.165, 1.54) is 12.1 Å². The lowest BCUT2D eigenvalue weighted by molar-refractivity contribution is -0.386. The molecule has 0 aliphatic carbocycles. The minimum atomic E-state index is -0.781. The highest BCUT2D eigenvalue weighted by Crippen LogP contribution is 2.37. The summed E-state index contributed by atoms with van der Waals surface area (Å²) in [7, 11) is 0. The maximum absolute atomic E-state index is 12.4. The van der Waals surface area contributed by atoms with E-state index in [9.17, 15) is 25.3 Å². The normalized spacial score (nSPS) is 10.9. The fraction of sp³-hybridized carbons (Fsp3) is 0.158. The molecule has 0 aliphatic heterocycles. The molecule has 2 N–H and O–H groups in total. The highest BCUT2D eigenvalue weighted by molar-refractivity contribution is 6.31. The van der Waals surface area contributed by atoms with Crippen LogP contribution in [0.4, 0.5) is 11.4 Å². The standard InChI is InChI=1S/C19H16ClN3O5/c1-3-28-17-9-12(8-16(18(17)24)23(26)27)7-13(10-21)19(25)22-15-6-4-5-14(20)11(15)2/h4-9,24H,3H2,1-2H3,(H,22,25)/b13-7+. The Morgan fingerprint density at radius 1 is 1.46 bits per heavy atom. The summed E-state index contributed by atoms with van der Waals surface area (Å²) in [5.74, 6) is -1.45. The molecule has 2 aromatic carbocycles. The average molecular weight is 402 g/mol. The van der Waals surface area contributed by atoms with E-state index in [0.717, 1.165) is 6.07 Å². The molecular formula is C19H16ClN3O5. The van der Waals surface area contributed by atoms with Gasteiger partial charge in [-0.3, -0.25) is 14.9 Å². The summed E-state index contributed by atoms with van der Waals surface area (Å²) in [6.45, 7) is 3.53. The number of ether oxygens (including phenoxy) is 1. The molecule has 0 spiro atoms. The van der Waals surface area contributed by atoms with Gasteiger partial charge in [0.05, 0.1) is 11.5 Å². The zero-order valence-electron chi connectivity index (χ0n) is 15.0. The number of carbonyl (C=O) groups is 1. The molecule has 0 unspecified atom stereocenters. The highest BCUT2D eigenvalue weighted by Gasteiger charge is 2.20. The summed E-state index contributed by atoms with van der Waals surface area (Å²) < 4.78 is 5.19. The van der Waals surface area contributed by atoms with Gasteiger partial charge < -0.3 is 15.2 Å². The molecule has 0 aromatic heterocycles. The van der Waals surface area contributed by atoms with E-state index in [1.807, 2.05) is 0 Å². The van der Waals surface area contributed by atoms with Gasteiger partial charge in [-0.1, -0.05) is 17.7 Å². The third-order valence-corrected chi connectivity index (χ3v) is 4.18. The van der Waals surface area contributed by atoms with Crippen molar-refractivity contribution in [2.24, 2.45) is 0 Å². The number of nitro groups is 1. The molecule has 0 atom stereocenters. The average Bonchev–Trinajstić information content (AvgIpc) is 2.65. The van der Waals surface area contributed by atoms with Gasteiger partial charge in [0.25, 0.3) is 5.91 Å². The van der Waals surface area contributed by atoms with Crippen LogP contribution >= 0.6 is 11.6 Å². The molecule has 0 fully saturated rings. The number of aromatic hydroxyl groups is 1. The predicted molar refractivity (Wildman–Crippen MR) is 104 cm³/mol. The molecule has 144 valence electrons. The van der Waals surface area contributed by atoms with Gasteiger partial charge in [-0.05, 0) is 49.2 Å². The van der Waals surface area contributed by atoms with Crippen LogP contribution in [0.5, 0.6) is 11.5 Å². The van der Waals surface area contributed by atoms with Crippen molar-refractivity contribution in [3.05, 3.63) is 62.2 Å². The number of nitriles is 1. The van der Waals surface area contributed by atoms with Crippen molar-refractivity contribution in [2.75, 3.05) is 11.9 Å². The summed E-state index contributed by atoms with van der Waals surface area (Å²) >= 11 is 6.02. The van der Waals surface area contributed by atoms with Gasteiger partial charge in [-0.25, -0.2) is 0 Å². The number of nitrogens with zero attached hydrogens (tertiary/aromatic N) is 2. The van der Waals surface area contributed by atoms with Crippen LogP contribution in [0.1, 0.15) is 18.1 Å². The van der Waals surface area contributed by atoms with Crippen molar-refractivity contribution in [2.45, 2.75) is 13.8 Å². The third-order valence-electron chi connectivity index (χ3n) is 3.77. The van der Waals surface area contributed by atoms with Gasteiger partial charge in [0.1, 0.15) is 11.6 Å². The number of anilines is 1. The molecule has 1 amide bonds. The summed E-state index contributed by atoms with van der Waals surface area (Å²) in [6, 6.07) is 9.07. The van der Waals surface area contributed by atoms with Crippen molar-refractivity contribution in [3.8, 4) is 17.6 Å². The second kappa shape index (κ2) is 8.88. The zero-order valence-corrected chi connectivity index (χ0v) is 15.8. The summed E-state index contributed by atoms with van der Waals surface area (Å²) in [6.07, 6.45) is 1.17.